The van der Waals surface area contributed by atoms with E-state index in [1.54, 1.807) is 0 Å². The number of primary amides is 1. The second-order valence-corrected chi connectivity index (χ2v) is 6.43. The van der Waals surface area contributed by atoms with E-state index >= 15 is 0 Å². The average molecular weight is 255 g/mol. The molecule has 4 nitrogen and oxygen atoms in total. The molecule has 0 spiro atoms. The van der Waals surface area contributed by atoms with Gasteiger partial charge in [-0.1, -0.05) is 0 Å². The number of amides is 1. The first kappa shape index (κ1) is 15.4. The van der Waals surface area contributed by atoms with E-state index in [9.17, 15) is 4.79 Å². The summed E-state index contributed by atoms with van der Waals surface area (Å²) in [7, 11) is 2.14. The van der Waals surface area contributed by atoms with Gasteiger partial charge < -0.3 is 16.0 Å². The fourth-order valence-corrected chi connectivity index (χ4v) is 2.50. The summed E-state index contributed by atoms with van der Waals surface area (Å²) in [6, 6.07) is 0.609. The number of hydrogen-bond donors (Lipinski definition) is 2. The molecule has 0 heterocycles. The van der Waals surface area contributed by atoms with E-state index in [4.69, 9.17) is 5.73 Å². The molecule has 1 amide bonds. The van der Waals surface area contributed by atoms with Crippen LogP contribution in [0.5, 0.6) is 0 Å². The number of carbonyl (C=O) groups is 1. The van der Waals surface area contributed by atoms with Gasteiger partial charge in [-0.2, -0.15) is 0 Å². The second kappa shape index (κ2) is 6.02. The molecule has 0 aliphatic heterocycles. The minimum absolute atomic E-state index is 0.253. The molecule has 3 N–H and O–H groups in total. The van der Waals surface area contributed by atoms with Crippen molar-refractivity contribution >= 4 is 5.91 Å². The van der Waals surface area contributed by atoms with Gasteiger partial charge in [-0.3, -0.25) is 4.79 Å². The maximum absolute atomic E-state index is 11.7. The van der Waals surface area contributed by atoms with Gasteiger partial charge >= 0.3 is 0 Å². The predicted octanol–water partition coefficient (Wildman–Crippen LogP) is 1.35. The fraction of sp³-hybridized carbons (Fsp3) is 0.929. The van der Waals surface area contributed by atoms with Crippen LogP contribution < -0.4 is 11.1 Å². The Hall–Kier alpha value is -0.610. The number of nitrogens with one attached hydrogen (secondary N) is 1. The quantitative estimate of drug-likeness (QED) is 0.688. The van der Waals surface area contributed by atoms with Crippen molar-refractivity contribution in [1.29, 1.82) is 0 Å². The van der Waals surface area contributed by atoms with Gasteiger partial charge in [0.25, 0.3) is 0 Å². The largest absolute Gasteiger partial charge is 0.368 e. The van der Waals surface area contributed by atoms with E-state index < -0.39 is 5.54 Å². The third-order valence-electron chi connectivity index (χ3n) is 3.85. The highest BCUT2D eigenvalue weighted by atomic mass is 16.1. The Kier molecular flexibility index (Phi) is 5.17. The van der Waals surface area contributed by atoms with Crippen LogP contribution in [0.25, 0.3) is 0 Å². The first-order valence-corrected chi connectivity index (χ1v) is 7.02. The molecule has 18 heavy (non-hydrogen) atoms. The fourth-order valence-electron chi connectivity index (χ4n) is 2.50. The summed E-state index contributed by atoms with van der Waals surface area (Å²) < 4.78 is 0. The van der Waals surface area contributed by atoms with Crippen LogP contribution in [0.2, 0.25) is 0 Å². The van der Waals surface area contributed by atoms with E-state index in [1.807, 2.05) is 20.8 Å². The van der Waals surface area contributed by atoms with Crippen LogP contribution in [0.3, 0.4) is 0 Å². The molecule has 0 aromatic rings. The molecule has 1 rings (SSSR count). The SMILES string of the molecule is CC(C)NC(C)(CC(C)N(C)CC1CC1)C(N)=O. The minimum atomic E-state index is -0.620. The van der Waals surface area contributed by atoms with Gasteiger partial charge in [-0.15, -0.1) is 0 Å². The van der Waals surface area contributed by atoms with Crippen LogP contribution in [0.15, 0.2) is 0 Å². The lowest BCUT2D eigenvalue weighted by Crippen LogP contribution is -2.58. The van der Waals surface area contributed by atoms with Crippen molar-refractivity contribution in [2.75, 3.05) is 13.6 Å². The van der Waals surface area contributed by atoms with Gasteiger partial charge in [0.15, 0.2) is 0 Å². The molecule has 1 aliphatic carbocycles. The van der Waals surface area contributed by atoms with E-state index in [1.165, 1.54) is 12.8 Å². The standard InChI is InChI=1S/C14H29N3O/c1-10(2)16-14(4,13(15)18)8-11(3)17(5)9-12-6-7-12/h10-12,16H,6-9H2,1-5H3,(H2,15,18). The molecule has 0 aromatic carbocycles. The molecule has 0 aromatic heterocycles. The zero-order valence-corrected chi connectivity index (χ0v) is 12.5. The number of hydrogen-bond acceptors (Lipinski definition) is 3. The molecule has 0 saturated heterocycles. The highest BCUT2D eigenvalue weighted by Crippen LogP contribution is 2.30. The summed E-state index contributed by atoms with van der Waals surface area (Å²) >= 11 is 0. The van der Waals surface area contributed by atoms with Gasteiger partial charge in [0.05, 0.1) is 5.54 Å². The Morgan fingerprint density at radius 1 is 1.44 bits per heavy atom. The summed E-state index contributed by atoms with van der Waals surface area (Å²) in [5.74, 6) is 0.609. The molecule has 0 radical (unpaired) electrons. The van der Waals surface area contributed by atoms with Crippen molar-refractivity contribution in [1.82, 2.24) is 10.2 Å². The van der Waals surface area contributed by atoms with Crippen LogP contribution in [-0.2, 0) is 4.79 Å². The van der Waals surface area contributed by atoms with Crippen molar-refractivity contribution in [3.8, 4) is 0 Å². The highest BCUT2D eigenvalue weighted by Gasteiger charge is 2.35. The Morgan fingerprint density at radius 2 is 2.00 bits per heavy atom. The Bertz CT molecular complexity index is 289. The maximum Gasteiger partial charge on any atom is 0.237 e. The van der Waals surface area contributed by atoms with Crippen LogP contribution in [0, 0.1) is 5.92 Å². The average Bonchev–Trinajstić information content (AvgIpc) is 2.99. The third kappa shape index (κ3) is 4.58. The summed E-state index contributed by atoms with van der Waals surface area (Å²) in [5, 5.41) is 3.31. The number of nitrogens with zero attached hydrogens (tertiary/aromatic N) is 1. The van der Waals surface area contributed by atoms with Crippen molar-refractivity contribution in [2.45, 2.75) is 64.6 Å². The Balaban J connectivity index is 2.55. The molecule has 106 valence electrons. The Labute approximate surface area is 111 Å². The van der Waals surface area contributed by atoms with E-state index in [0.29, 0.717) is 6.04 Å². The first-order chi connectivity index (χ1) is 8.24. The van der Waals surface area contributed by atoms with Gasteiger partial charge in [-0.05, 0) is 59.9 Å². The Morgan fingerprint density at radius 3 is 2.39 bits per heavy atom. The molecule has 4 heteroatoms. The monoisotopic (exact) mass is 255 g/mol. The predicted molar refractivity (Wildman–Crippen MR) is 75.3 cm³/mol. The van der Waals surface area contributed by atoms with Crippen molar-refractivity contribution in [3.63, 3.8) is 0 Å². The van der Waals surface area contributed by atoms with Gasteiger partial charge in [-0.25, -0.2) is 0 Å². The van der Waals surface area contributed by atoms with Crippen molar-refractivity contribution < 1.29 is 4.79 Å². The number of nitrogens with two attached hydrogens (primary N) is 1. The van der Waals surface area contributed by atoms with Gasteiger partial charge in [0.2, 0.25) is 5.91 Å². The summed E-state index contributed by atoms with van der Waals surface area (Å²) in [6.45, 7) is 9.31. The zero-order valence-electron chi connectivity index (χ0n) is 12.5. The van der Waals surface area contributed by atoms with Gasteiger partial charge in [0.1, 0.15) is 0 Å². The molecule has 1 aliphatic rings. The molecular formula is C14H29N3O. The van der Waals surface area contributed by atoms with Crippen molar-refractivity contribution in [2.24, 2.45) is 11.7 Å². The molecule has 2 unspecified atom stereocenters. The van der Waals surface area contributed by atoms with E-state index in [2.05, 4.69) is 24.2 Å². The highest BCUT2D eigenvalue weighted by molar-refractivity contribution is 5.84. The lowest BCUT2D eigenvalue weighted by molar-refractivity contribution is -0.124. The molecular weight excluding hydrogens is 226 g/mol. The number of carbonyl (C=O) groups excluding carboxylic acids is 1. The summed E-state index contributed by atoms with van der Waals surface area (Å²) in [4.78, 5) is 14.0. The van der Waals surface area contributed by atoms with Crippen LogP contribution in [-0.4, -0.2) is 42.0 Å². The van der Waals surface area contributed by atoms with Crippen LogP contribution in [0.1, 0.15) is 47.0 Å². The molecule has 2 atom stereocenters. The topological polar surface area (TPSA) is 58.4 Å². The lowest BCUT2D eigenvalue weighted by atomic mass is 9.91. The van der Waals surface area contributed by atoms with E-state index in [0.717, 1.165) is 18.9 Å². The lowest BCUT2D eigenvalue weighted by Gasteiger charge is -2.35. The second-order valence-electron chi connectivity index (χ2n) is 6.43. The summed E-state index contributed by atoms with van der Waals surface area (Å²) in [6.07, 6.45) is 3.46. The zero-order chi connectivity index (χ0) is 13.9. The minimum Gasteiger partial charge on any atom is -0.368 e. The molecule has 1 fully saturated rings. The molecule has 0 bridgehead atoms. The normalized spacial score (nSPS) is 21.1. The third-order valence-corrected chi connectivity index (χ3v) is 3.85. The smallest absolute Gasteiger partial charge is 0.237 e. The number of rotatable bonds is 8. The van der Waals surface area contributed by atoms with Gasteiger partial charge in [0, 0.05) is 18.6 Å². The first-order valence-electron chi connectivity index (χ1n) is 7.02. The van der Waals surface area contributed by atoms with Crippen LogP contribution >= 0.6 is 0 Å². The van der Waals surface area contributed by atoms with Crippen LogP contribution in [0.4, 0.5) is 0 Å². The van der Waals surface area contributed by atoms with E-state index in [-0.39, 0.29) is 11.9 Å². The summed E-state index contributed by atoms with van der Waals surface area (Å²) in [5.41, 5.74) is 4.94. The maximum atomic E-state index is 11.7. The molecule has 1 saturated carbocycles. The van der Waals surface area contributed by atoms with Crippen molar-refractivity contribution in [3.05, 3.63) is 0 Å².